The Morgan fingerprint density at radius 3 is 2.67 bits per heavy atom. The van der Waals surface area contributed by atoms with Crippen molar-refractivity contribution >= 4 is 5.78 Å². The highest BCUT2D eigenvalue weighted by Crippen LogP contribution is 2.36. The van der Waals surface area contributed by atoms with Gasteiger partial charge in [-0.15, -0.1) is 0 Å². The van der Waals surface area contributed by atoms with Gasteiger partial charge in [-0.1, -0.05) is 13.8 Å². The van der Waals surface area contributed by atoms with Crippen molar-refractivity contribution in [3.05, 3.63) is 0 Å². The van der Waals surface area contributed by atoms with Crippen molar-refractivity contribution < 1.29 is 18.3 Å². The van der Waals surface area contributed by atoms with Gasteiger partial charge in [0.05, 0.1) is 6.10 Å². The summed E-state index contributed by atoms with van der Waals surface area (Å²) >= 11 is 0. The number of carbonyl (C=O) groups excluding carboxylic acids is 1. The van der Waals surface area contributed by atoms with Crippen LogP contribution in [-0.2, 0) is 9.53 Å². The Hall–Kier alpha value is -0.510. The number of alkyl halides is 2. The first kappa shape index (κ1) is 12.6. The van der Waals surface area contributed by atoms with Crippen LogP contribution < -0.4 is 0 Å². The lowest BCUT2D eigenvalue weighted by Gasteiger charge is -2.38. The topological polar surface area (TPSA) is 26.3 Å². The molecular formula is C11H18F2O2. The normalized spacial score (nSPS) is 26.7. The monoisotopic (exact) mass is 220 g/mol. The second-order valence-electron chi connectivity index (χ2n) is 5.10. The Balaban J connectivity index is 2.54. The van der Waals surface area contributed by atoms with E-state index in [4.69, 9.17) is 4.74 Å². The van der Waals surface area contributed by atoms with Gasteiger partial charge >= 0.3 is 0 Å². The molecule has 1 fully saturated rings. The largest absolute Gasteiger partial charge is 0.371 e. The Bertz CT molecular complexity index is 243. The van der Waals surface area contributed by atoms with Crippen LogP contribution in [0.1, 0.15) is 40.0 Å². The Morgan fingerprint density at radius 1 is 1.53 bits per heavy atom. The SMILES string of the molecule is CC(F)(F)COC1CC(=O)CCC1(C)C. The summed E-state index contributed by atoms with van der Waals surface area (Å²) in [6.45, 7) is 4.13. The molecule has 1 saturated carbocycles. The number of hydrogen-bond donors (Lipinski definition) is 0. The van der Waals surface area contributed by atoms with Crippen LogP contribution >= 0.6 is 0 Å². The van der Waals surface area contributed by atoms with Gasteiger partial charge in [-0.05, 0) is 11.8 Å². The quantitative estimate of drug-likeness (QED) is 0.731. The maximum Gasteiger partial charge on any atom is 0.268 e. The highest BCUT2D eigenvalue weighted by molar-refractivity contribution is 5.79. The first-order valence-corrected chi connectivity index (χ1v) is 5.22. The van der Waals surface area contributed by atoms with Crippen LogP contribution in [0.15, 0.2) is 0 Å². The molecule has 0 aromatic rings. The smallest absolute Gasteiger partial charge is 0.268 e. The lowest BCUT2D eigenvalue weighted by molar-refractivity contribution is -0.145. The molecule has 0 N–H and O–H groups in total. The summed E-state index contributed by atoms with van der Waals surface area (Å²) in [6.07, 6.45) is 1.15. The molecule has 0 aromatic heterocycles. The van der Waals surface area contributed by atoms with E-state index in [1.807, 2.05) is 13.8 Å². The fraction of sp³-hybridized carbons (Fsp3) is 0.909. The third kappa shape index (κ3) is 3.86. The van der Waals surface area contributed by atoms with Gasteiger partial charge in [0.15, 0.2) is 0 Å². The van der Waals surface area contributed by atoms with E-state index in [0.29, 0.717) is 12.8 Å². The zero-order valence-electron chi connectivity index (χ0n) is 9.48. The second-order valence-corrected chi connectivity index (χ2v) is 5.10. The van der Waals surface area contributed by atoms with Crippen molar-refractivity contribution in [2.75, 3.05) is 6.61 Å². The van der Waals surface area contributed by atoms with E-state index in [9.17, 15) is 13.6 Å². The lowest BCUT2D eigenvalue weighted by Crippen LogP contribution is -2.40. The predicted molar refractivity (Wildman–Crippen MR) is 53.0 cm³/mol. The van der Waals surface area contributed by atoms with Gasteiger partial charge in [0.2, 0.25) is 0 Å². The van der Waals surface area contributed by atoms with E-state index in [1.165, 1.54) is 0 Å². The first-order chi connectivity index (χ1) is 6.71. The average molecular weight is 220 g/mol. The van der Waals surface area contributed by atoms with Crippen molar-refractivity contribution in [3.63, 3.8) is 0 Å². The molecule has 88 valence electrons. The average Bonchev–Trinajstić information content (AvgIpc) is 2.05. The molecule has 0 bridgehead atoms. The highest BCUT2D eigenvalue weighted by atomic mass is 19.3. The summed E-state index contributed by atoms with van der Waals surface area (Å²) < 4.78 is 30.4. The molecule has 0 heterocycles. The van der Waals surface area contributed by atoms with E-state index in [1.54, 1.807) is 0 Å². The summed E-state index contributed by atoms with van der Waals surface area (Å²) in [6, 6.07) is 0. The summed E-state index contributed by atoms with van der Waals surface area (Å²) in [5, 5.41) is 0. The van der Waals surface area contributed by atoms with Gasteiger partial charge in [0, 0.05) is 19.8 Å². The maximum absolute atomic E-state index is 12.6. The molecule has 0 aliphatic heterocycles. The number of ketones is 1. The van der Waals surface area contributed by atoms with E-state index < -0.39 is 12.5 Å². The van der Waals surface area contributed by atoms with Crippen LogP contribution in [-0.4, -0.2) is 24.4 Å². The molecule has 2 nitrogen and oxygen atoms in total. The number of halogens is 2. The second kappa shape index (κ2) is 4.16. The molecule has 0 spiro atoms. The van der Waals surface area contributed by atoms with Gasteiger partial charge in [-0.3, -0.25) is 4.79 Å². The highest BCUT2D eigenvalue weighted by Gasteiger charge is 2.38. The predicted octanol–water partition coefficient (Wildman–Crippen LogP) is 2.81. The standard InChI is InChI=1S/C11H18F2O2/c1-10(2)5-4-8(14)6-9(10)15-7-11(3,12)13/h9H,4-7H2,1-3H3. The van der Waals surface area contributed by atoms with Crippen molar-refractivity contribution in [3.8, 4) is 0 Å². The molecular weight excluding hydrogens is 202 g/mol. The summed E-state index contributed by atoms with van der Waals surface area (Å²) in [4.78, 5) is 11.2. The first-order valence-electron chi connectivity index (χ1n) is 5.22. The van der Waals surface area contributed by atoms with Gasteiger partial charge in [0.1, 0.15) is 12.4 Å². The van der Waals surface area contributed by atoms with Crippen molar-refractivity contribution in [1.82, 2.24) is 0 Å². The van der Waals surface area contributed by atoms with Crippen LogP contribution in [0.3, 0.4) is 0 Å². The number of Topliss-reactive ketones (excluding diaryl/α,β-unsaturated/α-hetero) is 1. The molecule has 4 heteroatoms. The number of carbonyl (C=O) groups is 1. The fourth-order valence-corrected chi connectivity index (χ4v) is 1.74. The molecule has 0 aromatic carbocycles. The zero-order valence-corrected chi connectivity index (χ0v) is 9.48. The van der Waals surface area contributed by atoms with Gasteiger partial charge < -0.3 is 4.74 Å². The van der Waals surface area contributed by atoms with Crippen LogP contribution in [0.25, 0.3) is 0 Å². The van der Waals surface area contributed by atoms with Gasteiger partial charge in [-0.25, -0.2) is 8.78 Å². The third-order valence-electron chi connectivity index (χ3n) is 2.87. The summed E-state index contributed by atoms with van der Waals surface area (Å²) in [5.41, 5.74) is -0.181. The molecule has 0 amide bonds. The molecule has 15 heavy (non-hydrogen) atoms. The van der Waals surface area contributed by atoms with Crippen LogP contribution in [0.5, 0.6) is 0 Å². The molecule has 0 saturated heterocycles. The number of ether oxygens (including phenoxy) is 1. The number of rotatable bonds is 3. The van der Waals surface area contributed by atoms with Crippen molar-refractivity contribution in [1.29, 1.82) is 0 Å². The summed E-state index contributed by atoms with van der Waals surface area (Å²) in [5.74, 6) is -2.71. The zero-order chi connectivity index (χ0) is 11.7. The molecule has 1 aliphatic carbocycles. The van der Waals surface area contributed by atoms with Crippen molar-refractivity contribution in [2.45, 2.75) is 52.1 Å². The van der Waals surface area contributed by atoms with Gasteiger partial charge in [-0.2, -0.15) is 0 Å². The van der Waals surface area contributed by atoms with Crippen molar-refractivity contribution in [2.24, 2.45) is 5.41 Å². The van der Waals surface area contributed by atoms with E-state index >= 15 is 0 Å². The fourth-order valence-electron chi connectivity index (χ4n) is 1.74. The molecule has 0 radical (unpaired) electrons. The molecule has 1 rings (SSSR count). The van der Waals surface area contributed by atoms with E-state index in [2.05, 4.69) is 0 Å². The minimum Gasteiger partial charge on any atom is -0.371 e. The molecule has 1 unspecified atom stereocenters. The van der Waals surface area contributed by atoms with Gasteiger partial charge in [0.25, 0.3) is 5.92 Å². The maximum atomic E-state index is 12.6. The molecule has 1 aliphatic rings. The Morgan fingerprint density at radius 2 is 2.13 bits per heavy atom. The van der Waals surface area contributed by atoms with E-state index in [-0.39, 0.29) is 23.7 Å². The Labute approximate surface area is 89.0 Å². The lowest BCUT2D eigenvalue weighted by atomic mass is 9.74. The molecule has 1 atom stereocenters. The van der Waals surface area contributed by atoms with Crippen LogP contribution in [0, 0.1) is 5.41 Å². The summed E-state index contributed by atoms with van der Waals surface area (Å²) in [7, 11) is 0. The third-order valence-corrected chi connectivity index (χ3v) is 2.87. The number of hydrogen-bond acceptors (Lipinski definition) is 2. The minimum atomic E-state index is -2.82. The van der Waals surface area contributed by atoms with E-state index in [0.717, 1.165) is 6.92 Å². The van der Waals surface area contributed by atoms with Crippen LogP contribution in [0.4, 0.5) is 8.78 Å². The minimum absolute atomic E-state index is 0.110. The van der Waals surface area contributed by atoms with Crippen LogP contribution in [0.2, 0.25) is 0 Å². The Kier molecular flexibility index (Phi) is 3.48.